The highest BCUT2D eigenvalue weighted by Crippen LogP contribution is 2.18. The molecule has 0 aliphatic heterocycles. The van der Waals surface area contributed by atoms with Crippen molar-refractivity contribution in [2.45, 2.75) is 70.9 Å². The third-order valence-electron chi connectivity index (χ3n) is 5.60. The van der Waals surface area contributed by atoms with Gasteiger partial charge < -0.3 is 9.30 Å². The third kappa shape index (κ3) is 7.09. The summed E-state index contributed by atoms with van der Waals surface area (Å²) in [5.74, 6) is 1.26. The summed E-state index contributed by atoms with van der Waals surface area (Å²) < 4.78 is 36.8. The zero-order chi connectivity index (χ0) is 23.8. The van der Waals surface area contributed by atoms with Crippen molar-refractivity contribution in [2.24, 2.45) is 5.92 Å². The summed E-state index contributed by atoms with van der Waals surface area (Å²) in [7, 11) is -3.63. The predicted molar refractivity (Wildman–Crippen MR) is 132 cm³/mol. The first kappa shape index (κ1) is 25.3. The predicted octanol–water partition coefficient (Wildman–Crippen LogP) is 4.69. The van der Waals surface area contributed by atoms with E-state index in [0.717, 1.165) is 48.1 Å². The second-order valence-corrected chi connectivity index (χ2v) is 10.7. The molecule has 2 heterocycles. The number of unbranched alkanes of at least 4 members (excludes halogenated alkanes) is 2. The van der Waals surface area contributed by atoms with Crippen LogP contribution in [0.25, 0.3) is 11.0 Å². The number of nitrogens with zero attached hydrogens (tertiary/aromatic N) is 3. The Morgan fingerprint density at radius 1 is 1.12 bits per heavy atom. The molecule has 1 N–H and O–H groups in total. The number of hydrogen-bond donors (Lipinski definition) is 1. The van der Waals surface area contributed by atoms with Crippen LogP contribution in [0.1, 0.15) is 57.8 Å². The van der Waals surface area contributed by atoms with Gasteiger partial charge in [0.25, 0.3) is 0 Å². The molecule has 7 nitrogen and oxygen atoms in total. The minimum Gasteiger partial charge on any atom is -0.380 e. The van der Waals surface area contributed by atoms with Crippen LogP contribution in [0.4, 0.5) is 0 Å². The molecule has 0 bridgehead atoms. The monoisotopic (exact) mass is 472 g/mol. The number of ether oxygens (including phenoxy) is 1. The quantitative estimate of drug-likeness (QED) is 0.365. The van der Waals surface area contributed by atoms with Crippen molar-refractivity contribution >= 4 is 21.1 Å². The molecule has 33 heavy (non-hydrogen) atoms. The molecule has 0 unspecified atom stereocenters. The molecule has 0 amide bonds. The van der Waals surface area contributed by atoms with Crippen LogP contribution in [-0.4, -0.2) is 42.2 Å². The summed E-state index contributed by atoms with van der Waals surface area (Å²) in [5.41, 5.74) is 2.86. The molecule has 0 aliphatic rings. The maximum atomic E-state index is 13.0. The lowest BCUT2D eigenvalue weighted by atomic mass is 10.1. The SMILES string of the molecule is CCCCCOC[C@H](CC(C)C)NS(=O)(=O)c1ccc(Cn2c(C)nc3ccncc32)cc1. The molecule has 0 aliphatic carbocycles. The fourth-order valence-corrected chi connectivity index (χ4v) is 5.17. The van der Waals surface area contributed by atoms with E-state index in [-0.39, 0.29) is 10.9 Å². The number of hydrogen-bond acceptors (Lipinski definition) is 5. The van der Waals surface area contributed by atoms with Crippen LogP contribution in [0.3, 0.4) is 0 Å². The molecule has 0 radical (unpaired) electrons. The molecule has 1 aromatic carbocycles. The molecular formula is C25H36N4O3S. The lowest BCUT2D eigenvalue weighted by Crippen LogP contribution is -2.39. The second kappa shape index (κ2) is 11.7. The lowest BCUT2D eigenvalue weighted by molar-refractivity contribution is 0.108. The molecule has 180 valence electrons. The van der Waals surface area contributed by atoms with E-state index in [1.165, 1.54) is 0 Å². The first-order valence-corrected chi connectivity index (χ1v) is 13.2. The highest BCUT2D eigenvalue weighted by Gasteiger charge is 2.21. The van der Waals surface area contributed by atoms with Crippen LogP contribution in [0.5, 0.6) is 0 Å². The number of sulfonamides is 1. The van der Waals surface area contributed by atoms with E-state index < -0.39 is 10.0 Å². The fourth-order valence-electron chi connectivity index (χ4n) is 3.93. The van der Waals surface area contributed by atoms with Crippen molar-refractivity contribution in [1.82, 2.24) is 19.3 Å². The smallest absolute Gasteiger partial charge is 0.240 e. The van der Waals surface area contributed by atoms with Crippen LogP contribution in [0.2, 0.25) is 0 Å². The van der Waals surface area contributed by atoms with Crippen molar-refractivity contribution in [1.29, 1.82) is 0 Å². The van der Waals surface area contributed by atoms with Gasteiger partial charge in [0, 0.05) is 25.4 Å². The summed E-state index contributed by atoms with van der Waals surface area (Å²) in [6.07, 6.45) is 7.52. The van der Waals surface area contributed by atoms with E-state index in [4.69, 9.17) is 4.74 Å². The lowest BCUT2D eigenvalue weighted by Gasteiger charge is -2.21. The summed E-state index contributed by atoms with van der Waals surface area (Å²) in [6, 6.07) is 8.69. The van der Waals surface area contributed by atoms with Crippen molar-refractivity contribution < 1.29 is 13.2 Å². The first-order valence-electron chi connectivity index (χ1n) is 11.8. The van der Waals surface area contributed by atoms with Gasteiger partial charge in [0.1, 0.15) is 5.82 Å². The van der Waals surface area contributed by atoms with Gasteiger partial charge in [-0.3, -0.25) is 4.98 Å². The maximum Gasteiger partial charge on any atom is 0.240 e. The van der Waals surface area contributed by atoms with E-state index in [9.17, 15) is 8.42 Å². The van der Waals surface area contributed by atoms with Crippen molar-refractivity contribution in [3.8, 4) is 0 Å². The normalized spacial score (nSPS) is 13.1. The van der Waals surface area contributed by atoms with E-state index in [1.54, 1.807) is 24.5 Å². The largest absolute Gasteiger partial charge is 0.380 e. The number of nitrogens with one attached hydrogen (secondary N) is 1. The minimum atomic E-state index is -3.63. The zero-order valence-corrected chi connectivity index (χ0v) is 20.9. The summed E-state index contributed by atoms with van der Waals surface area (Å²) in [4.78, 5) is 9.03. The van der Waals surface area contributed by atoms with E-state index in [2.05, 4.69) is 40.0 Å². The molecule has 1 atom stereocenters. The fraction of sp³-hybridized carbons (Fsp3) is 0.520. The third-order valence-corrected chi connectivity index (χ3v) is 7.14. The van der Waals surface area contributed by atoms with E-state index in [1.807, 2.05) is 25.1 Å². The Bertz CT molecular complexity index is 1120. The highest BCUT2D eigenvalue weighted by atomic mass is 32.2. The molecule has 8 heteroatoms. The topological polar surface area (TPSA) is 86.1 Å². The number of imidazole rings is 1. The number of pyridine rings is 1. The average Bonchev–Trinajstić information content (AvgIpc) is 3.08. The summed E-state index contributed by atoms with van der Waals surface area (Å²) in [5, 5.41) is 0. The van der Waals surface area contributed by atoms with Gasteiger partial charge in [-0.2, -0.15) is 0 Å². The van der Waals surface area contributed by atoms with Crippen molar-refractivity contribution in [3.63, 3.8) is 0 Å². The zero-order valence-electron chi connectivity index (χ0n) is 20.1. The first-order chi connectivity index (χ1) is 15.8. The summed E-state index contributed by atoms with van der Waals surface area (Å²) >= 11 is 0. The van der Waals surface area contributed by atoms with Gasteiger partial charge in [-0.05, 0) is 49.4 Å². The van der Waals surface area contributed by atoms with E-state index >= 15 is 0 Å². The van der Waals surface area contributed by atoms with Crippen molar-refractivity contribution in [3.05, 3.63) is 54.1 Å². The summed E-state index contributed by atoms with van der Waals surface area (Å²) in [6.45, 7) is 9.94. The van der Waals surface area contributed by atoms with Gasteiger partial charge in [-0.15, -0.1) is 0 Å². The van der Waals surface area contributed by atoms with Gasteiger partial charge in [0.05, 0.1) is 28.7 Å². The Labute approximate surface area is 197 Å². The van der Waals surface area contributed by atoms with Gasteiger partial charge in [-0.25, -0.2) is 18.1 Å². The van der Waals surface area contributed by atoms with Crippen LogP contribution < -0.4 is 4.72 Å². The molecule has 3 aromatic rings. The van der Waals surface area contributed by atoms with Crippen molar-refractivity contribution in [2.75, 3.05) is 13.2 Å². The number of aromatic nitrogens is 3. The maximum absolute atomic E-state index is 13.0. The number of benzene rings is 1. The Morgan fingerprint density at radius 3 is 2.58 bits per heavy atom. The molecule has 3 rings (SSSR count). The number of aryl methyl sites for hydroxylation is 1. The number of rotatable bonds is 13. The van der Waals surface area contributed by atoms with Gasteiger partial charge in [-0.1, -0.05) is 45.7 Å². The van der Waals surface area contributed by atoms with Gasteiger partial charge in [0.15, 0.2) is 0 Å². The standard InChI is InChI=1S/C25H36N4O3S/c1-5-6-7-14-32-18-22(15-19(2)3)28-33(30,31)23-10-8-21(9-11-23)17-29-20(4)27-24-12-13-26-16-25(24)29/h8-13,16,19,22,28H,5-7,14-15,17-18H2,1-4H3/t22-/m0/s1. The minimum absolute atomic E-state index is 0.247. The molecule has 0 saturated heterocycles. The molecule has 0 spiro atoms. The second-order valence-electron chi connectivity index (χ2n) is 8.98. The van der Waals surface area contributed by atoms with E-state index in [0.29, 0.717) is 25.7 Å². The highest BCUT2D eigenvalue weighted by molar-refractivity contribution is 7.89. The van der Waals surface area contributed by atoms with Crippen LogP contribution in [0, 0.1) is 12.8 Å². The Morgan fingerprint density at radius 2 is 1.88 bits per heavy atom. The van der Waals surface area contributed by atoms with Gasteiger partial charge >= 0.3 is 0 Å². The van der Waals surface area contributed by atoms with Crippen LogP contribution in [0.15, 0.2) is 47.6 Å². The molecular weight excluding hydrogens is 436 g/mol. The van der Waals surface area contributed by atoms with Crippen LogP contribution >= 0.6 is 0 Å². The Balaban J connectivity index is 1.67. The Hall–Kier alpha value is -2.29. The molecule has 0 fully saturated rings. The molecule has 2 aromatic heterocycles. The van der Waals surface area contributed by atoms with Gasteiger partial charge in [0.2, 0.25) is 10.0 Å². The average molecular weight is 473 g/mol. The Kier molecular flexibility index (Phi) is 9.00. The molecule has 0 saturated carbocycles. The van der Waals surface area contributed by atoms with Crippen LogP contribution in [-0.2, 0) is 21.3 Å². The number of fused-ring (bicyclic) bond motifs is 1.